The van der Waals surface area contributed by atoms with E-state index in [9.17, 15) is 8.42 Å². The highest BCUT2D eigenvalue weighted by atomic mass is 32.2. The van der Waals surface area contributed by atoms with Gasteiger partial charge in [0.05, 0.1) is 21.8 Å². The van der Waals surface area contributed by atoms with E-state index in [0.29, 0.717) is 11.5 Å². The van der Waals surface area contributed by atoms with Gasteiger partial charge in [-0.05, 0) is 43.4 Å². The predicted molar refractivity (Wildman–Crippen MR) is 109 cm³/mol. The molecule has 9 heteroatoms. The fourth-order valence-corrected chi connectivity index (χ4v) is 3.49. The minimum absolute atomic E-state index is 0.173. The Morgan fingerprint density at radius 2 is 1.78 bits per heavy atom. The minimum atomic E-state index is -3.56. The summed E-state index contributed by atoms with van der Waals surface area (Å²) in [5, 5.41) is 7.20. The third-order valence-electron chi connectivity index (χ3n) is 4.21. The van der Waals surface area contributed by atoms with E-state index < -0.39 is 10.0 Å². The Kier molecular flexibility index (Phi) is 5.15. The number of hydrogen-bond donors (Lipinski definition) is 3. The molecular formula is C18H22N6O2S. The summed E-state index contributed by atoms with van der Waals surface area (Å²) in [6.45, 7) is 0. The van der Waals surface area contributed by atoms with Crippen molar-refractivity contribution in [3.63, 3.8) is 0 Å². The highest BCUT2D eigenvalue weighted by molar-refractivity contribution is 7.89. The van der Waals surface area contributed by atoms with Crippen LogP contribution in [0.3, 0.4) is 0 Å². The van der Waals surface area contributed by atoms with Gasteiger partial charge in [0, 0.05) is 32.2 Å². The number of aromatic nitrogens is 2. The van der Waals surface area contributed by atoms with Crippen molar-refractivity contribution in [3.05, 3.63) is 42.7 Å². The molecule has 27 heavy (non-hydrogen) atoms. The predicted octanol–water partition coefficient (Wildman–Crippen LogP) is 2.39. The third kappa shape index (κ3) is 3.79. The van der Waals surface area contributed by atoms with Gasteiger partial charge in [0.2, 0.25) is 10.0 Å². The molecule has 0 bridgehead atoms. The molecule has 2 aromatic carbocycles. The Balaban J connectivity index is 2.14. The van der Waals surface area contributed by atoms with E-state index in [1.165, 1.54) is 13.4 Å². The Hall–Kier alpha value is -2.91. The first-order valence-electron chi connectivity index (χ1n) is 8.30. The third-order valence-corrected chi connectivity index (χ3v) is 5.62. The molecule has 0 radical (unpaired) electrons. The van der Waals surface area contributed by atoms with E-state index in [4.69, 9.17) is 0 Å². The second-order valence-corrected chi connectivity index (χ2v) is 8.00. The topological polar surface area (TPSA) is 99.2 Å². The largest absolute Gasteiger partial charge is 0.388 e. The number of hydrogen-bond acceptors (Lipinski definition) is 7. The second kappa shape index (κ2) is 7.37. The number of anilines is 4. The second-order valence-electron chi connectivity index (χ2n) is 6.11. The van der Waals surface area contributed by atoms with Gasteiger partial charge < -0.3 is 15.5 Å². The number of fused-ring (bicyclic) bond motifs is 1. The normalized spacial score (nSPS) is 11.4. The van der Waals surface area contributed by atoms with E-state index in [1.807, 2.05) is 44.2 Å². The molecule has 1 aromatic heterocycles. The van der Waals surface area contributed by atoms with Crippen LogP contribution < -0.4 is 20.3 Å². The van der Waals surface area contributed by atoms with Crippen molar-refractivity contribution in [2.75, 3.05) is 43.7 Å². The highest BCUT2D eigenvalue weighted by Gasteiger charge is 2.16. The minimum Gasteiger partial charge on any atom is -0.388 e. The van der Waals surface area contributed by atoms with Crippen LogP contribution in [0.15, 0.2) is 47.6 Å². The Morgan fingerprint density at radius 1 is 1.00 bits per heavy atom. The van der Waals surface area contributed by atoms with Crippen LogP contribution in [-0.2, 0) is 10.0 Å². The van der Waals surface area contributed by atoms with Gasteiger partial charge in [-0.1, -0.05) is 0 Å². The van der Waals surface area contributed by atoms with Crippen LogP contribution in [0.4, 0.5) is 22.9 Å². The molecular weight excluding hydrogens is 364 g/mol. The lowest BCUT2D eigenvalue weighted by atomic mass is 10.2. The lowest BCUT2D eigenvalue weighted by Gasteiger charge is -2.20. The zero-order valence-electron chi connectivity index (χ0n) is 15.6. The van der Waals surface area contributed by atoms with Crippen LogP contribution in [0, 0.1) is 0 Å². The summed E-state index contributed by atoms with van der Waals surface area (Å²) in [4.78, 5) is 10.7. The number of rotatable bonds is 6. The van der Waals surface area contributed by atoms with Crippen molar-refractivity contribution in [1.82, 2.24) is 14.7 Å². The molecule has 3 rings (SSSR count). The molecule has 3 aromatic rings. The molecule has 0 unspecified atom stereocenters. The maximum absolute atomic E-state index is 12.2. The molecule has 0 atom stereocenters. The van der Waals surface area contributed by atoms with Crippen molar-refractivity contribution in [2.45, 2.75) is 4.90 Å². The first-order chi connectivity index (χ1) is 12.9. The van der Waals surface area contributed by atoms with Crippen LogP contribution in [-0.4, -0.2) is 46.6 Å². The summed E-state index contributed by atoms with van der Waals surface area (Å²) in [6.07, 6.45) is 1.48. The fourth-order valence-electron chi connectivity index (χ4n) is 2.73. The molecule has 0 saturated carbocycles. The molecule has 8 nitrogen and oxygen atoms in total. The first kappa shape index (κ1) is 18.9. The number of sulfonamides is 1. The zero-order chi connectivity index (χ0) is 19.6. The van der Waals surface area contributed by atoms with Crippen LogP contribution in [0.25, 0.3) is 10.9 Å². The smallest absolute Gasteiger partial charge is 0.240 e. The zero-order valence-corrected chi connectivity index (χ0v) is 16.4. The van der Waals surface area contributed by atoms with E-state index >= 15 is 0 Å². The maximum Gasteiger partial charge on any atom is 0.240 e. The summed E-state index contributed by atoms with van der Waals surface area (Å²) in [7, 11) is 3.46. The van der Waals surface area contributed by atoms with Crippen molar-refractivity contribution in [2.24, 2.45) is 0 Å². The molecule has 0 aliphatic rings. The molecule has 0 amide bonds. The summed E-state index contributed by atoms with van der Waals surface area (Å²) >= 11 is 0. The quantitative estimate of drug-likeness (QED) is 0.598. The molecule has 1 heterocycles. The standard InChI is InChI=1S/C18H22N6O2S/c1-19-12-5-7-15-14(9-12)18(22-11-21-15)23-16-10-13(27(25,26)20-2)6-8-17(16)24(3)4/h5-11,19-20H,1-4H3,(H,21,22,23). The molecule has 142 valence electrons. The number of nitrogens with zero attached hydrogens (tertiary/aromatic N) is 3. The van der Waals surface area contributed by atoms with Gasteiger partial charge in [0.25, 0.3) is 0 Å². The molecule has 0 aliphatic carbocycles. The molecule has 3 N–H and O–H groups in total. The fraction of sp³-hybridized carbons (Fsp3) is 0.222. The lowest BCUT2D eigenvalue weighted by Crippen LogP contribution is -2.19. The van der Waals surface area contributed by atoms with Gasteiger partial charge in [-0.2, -0.15) is 0 Å². The van der Waals surface area contributed by atoms with Gasteiger partial charge in [-0.3, -0.25) is 0 Å². The van der Waals surface area contributed by atoms with Crippen molar-refractivity contribution in [3.8, 4) is 0 Å². The summed E-state index contributed by atoms with van der Waals surface area (Å²) in [5.74, 6) is 0.596. The SMILES string of the molecule is CNc1ccc2ncnc(Nc3cc(S(=O)(=O)NC)ccc3N(C)C)c2c1. The highest BCUT2D eigenvalue weighted by Crippen LogP contribution is 2.32. The van der Waals surface area contributed by atoms with Crippen LogP contribution in [0.5, 0.6) is 0 Å². The average Bonchev–Trinajstić information content (AvgIpc) is 2.67. The van der Waals surface area contributed by atoms with E-state index in [-0.39, 0.29) is 4.90 Å². The van der Waals surface area contributed by atoms with Crippen molar-refractivity contribution < 1.29 is 8.42 Å². The van der Waals surface area contributed by atoms with Crippen molar-refractivity contribution >= 4 is 43.8 Å². The molecule has 0 aliphatic heterocycles. The Morgan fingerprint density at radius 3 is 2.44 bits per heavy atom. The first-order valence-corrected chi connectivity index (χ1v) is 9.78. The monoisotopic (exact) mass is 386 g/mol. The molecule has 0 saturated heterocycles. The van der Waals surface area contributed by atoms with Gasteiger partial charge in [0.1, 0.15) is 12.1 Å². The van der Waals surface area contributed by atoms with E-state index in [0.717, 1.165) is 22.3 Å². The van der Waals surface area contributed by atoms with Crippen LogP contribution in [0.2, 0.25) is 0 Å². The van der Waals surface area contributed by atoms with Gasteiger partial charge in [-0.25, -0.2) is 23.1 Å². The number of benzene rings is 2. The van der Waals surface area contributed by atoms with Crippen LogP contribution >= 0.6 is 0 Å². The maximum atomic E-state index is 12.2. The van der Waals surface area contributed by atoms with Gasteiger partial charge >= 0.3 is 0 Å². The summed E-state index contributed by atoms with van der Waals surface area (Å²) < 4.78 is 26.7. The Labute approximate surface area is 158 Å². The average molecular weight is 386 g/mol. The lowest BCUT2D eigenvalue weighted by molar-refractivity contribution is 0.588. The van der Waals surface area contributed by atoms with E-state index in [2.05, 4.69) is 25.3 Å². The van der Waals surface area contributed by atoms with Crippen molar-refractivity contribution in [1.29, 1.82) is 0 Å². The van der Waals surface area contributed by atoms with E-state index in [1.54, 1.807) is 18.2 Å². The number of nitrogens with one attached hydrogen (secondary N) is 3. The molecule has 0 spiro atoms. The van der Waals surface area contributed by atoms with Gasteiger partial charge in [0.15, 0.2) is 0 Å². The Bertz CT molecular complexity index is 1080. The van der Waals surface area contributed by atoms with Gasteiger partial charge in [-0.15, -0.1) is 0 Å². The molecule has 0 fully saturated rings. The van der Waals surface area contributed by atoms with Crippen LogP contribution in [0.1, 0.15) is 0 Å². The summed E-state index contributed by atoms with van der Waals surface area (Å²) in [5.41, 5.74) is 3.18. The summed E-state index contributed by atoms with van der Waals surface area (Å²) in [6, 6.07) is 10.7.